The molecule has 102 valence electrons. The van der Waals surface area contributed by atoms with E-state index >= 15 is 0 Å². The van der Waals surface area contributed by atoms with Gasteiger partial charge in [0.25, 0.3) is 5.91 Å². The van der Waals surface area contributed by atoms with Gasteiger partial charge in [-0.2, -0.15) is 0 Å². The number of para-hydroxylation sites is 1. The molecule has 0 aliphatic carbocycles. The number of hydrogen-bond acceptors (Lipinski definition) is 2. The van der Waals surface area contributed by atoms with Crippen LogP contribution in [0.5, 0.6) is 5.75 Å². The Morgan fingerprint density at radius 2 is 2.00 bits per heavy atom. The van der Waals surface area contributed by atoms with E-state index in [-0.39, 0.29) is 12.5 Å². The number of rotatable bonds is 2. The van der Waals surface area contributed by atoms with Crippen LogP contribution in [0.2, 0.25) is 0 Å². The molecule has 0 unspecified atom stereocenters. The third kappa shape index (κ3) is 2.20. The molecule has 1 heterocycles. The van der Waals surface area contributed by atoms with Crippen LogP contribution < -0.4 is 9.64 Å². The van der Waals surface area contributed by atoms with Gasteiger partial charge in [0.15, 0.2) is 6.61 Å². The fourth-order valence-electron chi connectivity index (χ4n) is 2.42. The monoisotopic (exact) mass is 331 g/mol. The van der Waals surface area contributed by atoms with Gasteiger partial charge in [-0.15, -0.1) is 0 Å². The maximum atomic E-state index is 12.3. The first-order valence-electron chi connectivity index (χ1n) is 6.54. The third-order valence-corrected chi connectivity index (χ3v) is 3.87. The molecule has 2 aromatic rings. The molecule has 1 aliphatic rings. The van der Waals surface area contributed by atoms with Crippen molar-refractivity contribution in [3.05, 3.63) is 52.5 Å². The summed E-state index contributed by atoms with van der Waals surface area (Å²) in [6.07, 6.45) is 0.879. The van der Waals surface area contributed by atoms with E-state index in [2.05, 4.69) is 28.9 Å². The summed E-state index contributed by atoms with van der Waals surface area (Å²) in [5.41, 5.74) is 2.87. The number of carbonyl (C=O) groups is 1. The van der Waals surface area contributed by atoms with E-state index in [0.717, 1.165) is 33.6 Å². The zero-order chi connectivity index (χ0) is 14.1. The van der Waals surface area contributed by atoms with Crippen molar-refractivity contribution in [1.29, 1.82) is 0 Å². The molecule has 0 atom stereocenters. The minimum atomic E-state index is -0.0449. The maximum Gasteiger partial charge on any atom is 0.269 e. The number of ether oxygens (including phenoxy) is 1. The lowest BCUT2D eigenvalue weighted by atomic mass is 10.1. The van der Waals surface area contributed by atoms with Gasteiger partial charge < -0.3 is 4.74 Å². The van der Waals surface area contributed by atoms with Gasteiger partial charge in [-0.05, 0) is 36.2 Å². The van der Waals surface area contributed by atoms with Gasteiger partial charge in [0.05, 0.1) is 11.4 Å². The number of halogens is 1. The predicted octanol–water partition coefficient (Wildman–Crippen LogP) is 4.07. The zero-order valence-corrected chi connectivity index (χ0v) is 12.7. The molecule has 0 radical (unpaired) electrons. The van der Waals surface area contributed by atoms with Gasteiger partial charge in [0.2, 0.25) is 0 Å². The van der Waals surface area contributed by atoms with Crippen LogP contribution in [-0.4, -0.2) is 12.5 Å². The van der Waals surface area contributed by atoms with E-state index in [4.69, 9.17) is 4.74 Å². The summed E-state index contributed by atoms with van der Waals surface area (Å²) in [4.78, 5) is 14.1. The summed E-state index contributed by atoms with van der Waals surface area (Å²) >= 11 is 3.45. The van der Waals surface area contributed by atoms with Crippen LogP contribution in [0.1, 0.15) is 12.5 Å². The highest BCUT2D eigenvalue weighted by Gasteiger charge is 2.28. The largest absolute Gasteiger partial charge is 0.482 e. The Bertz CT molecular complexity index is 669. The average Bonchev–Trinajstić information content (AvgIpc) is 2.47. The molecule has 0 saturated carbocycles. The van der Waals surface area contributed by atoms with E-state index in [9.17, 15) is 4.79 Å². The second kappa shape index (κ2) is 5.29. The Kier molecular flexibility index (Phi) is 3.49. The van der Waals surface area contributed by atoms with Gasteiger partial charge in [-0.3, -0.25) is 9.69 Å². The molecule has 20 heavy (non-hydrogen) atoms. The number of hydrogen-bond donors (Lipinski definition) is 0. The Morgan fingerprint density at radius 1 is 1.20 bits per heavy atom. The van der Waals surface area contributed by atoms with Crippen molar-refractivity contribution in [1.82, 2.24) is 0 Å². The Morgan fingerprint density at radius 3 is 2.80 bits per heavy atom. The maximum absolute atomic E-state index is 12.3. The molecule has 0 spiro atoms. The van der Waals surface area contributed by atoms with Gasteiger partial charge >= 0.3 is 0 Å². The quantitative estimate of drug-likeness (QED) is 0.830. The van der Waals surface area contributed by atoms with Gasteiger partial charge in [-0.25, -0.2) is 0 Å². The Labute approximate surface area is 126 Å². The molecule has 0 bridgehead atoms. The Balaban J connectivity index is 2.18. The average molecular weight is 332 g/mol. The van der Waals surface area contributed by atoms with E-state index in [1.807, 2.05) is 36.4 Å². The van der Waals surface area contributed by atoms with Crippen molar-refractivity contribution in [2.24, 2.45) is 0 Å². The second-order valence-electron chi connectivity index (χ2n) is 4.61. The lowest BCUT2D eigenvalue weighted by Crippen LogP contribution is -2.35. The zero-order valence-electron chi connectivity index (χ0n) is 11.1. The fourth-order valence-corrected chi connectivity index (χ4v) is 2.77. The summed E-state index contributed by atoms with van der Waals surface area (Å²) in [7, 11) is 0. The molecule has 0 N–H and O–H groups in total. The molecular formula is C16H14BrNO2. The molecule has 1 amide bonds. The number of aryl methyl sites for hydroxylation is 1. The van der Waals surface area contributed by atoms with E-state index in [1.54, 1.807) is 4.90 Å². The fraction of sp³-hybridized carbons (Fsp3) is 0.188. The van der Waals surface area contributed by atoms with E-state index in [0.29, 0.717) is 0 Å². The number of nitrogens with zero attached hydrogens (tertiary/aromatic N) is 1. The van der Waals surface area contributed by atoms with E-state index < -0.39 is 0 Å². The lowest BCUT2D eigenvalue weighted by Gasteiger charge is -2.30. The van der Waals surface area contributed by atoms with Crippen LogP contribution in [0.4, 0.5) is 11.4 Å². The second-order valence-corrected chi connectivity index (χ2v) is 5.53. The minimum absolute atomic E-state index is 0.0449. The number of carbonyl (C=O) groups excluding carboxylic acids is 1. The van der Waals surface area contributed by atoms with Crippen molar-refractivity contribution in [2.45, 2.75) is 13.3 Å². The topological polar surface area (TPSA) is 29.5 Å². The molecule has 0 saturated heterocycles. The van der Waals surface area contributed by atoms with Crippen molar-refractivity contribution < 1.29 is 9.53 Å². The SMILES string of the molecule is CCc1ccccc1N1C(=O)COc2ccc(Br)cc21. The number of benzene rings is 2. The standard InChI is InChI=1S/C16H14BrNO2/c1-2-11-5-3-4-6-13(11)18-14-9-12(17)7-8-15(14)20-10-16(18)19/h3-9H,2,10H2,1H3. The molecule has 3 rings (SSSR count). The molecule has 4 heteroatoms. The summed E-state index contributed by atoms with van der Waals surface area (Å²) in [5, 5.41) is 0. The smallest absolute Gasteiger partial charge is 0.269 e. The first kappa shape index (κ1) is 13.2. The summed E-state index contributed by atoms with van der Waals surface area (Å²) < 4.78 is 6.43. The number of anilines is 2. The number of fused-ring (bicyclic) bond motifs is 1. The highest BCUT2D eigenvalue weighted by molar-refractivity contribution is 9.10. The Hall–Kier alpha value is -1.81. The highest BCUT2D eigenvalue weighted by atomic mass is 79.9. The van der Waals surface area contributed by atoms with Gasteiger partial charge in [0, 0.05) is 4.47 Å². The molecule has 2 aromatic carbocycles. The molecule has 0 fully saturated rings. The normalized spacial score (nSPS) is 13.9. The molecular weight excluding hydrogens is 318 g/mol. The predicted molar refractivity (Wildman–Crippen MR) is 82.6 cm³/mol. The van der Waals surface area contributed by atoms with Crippen LogP contribution in [0.3, 0.4) is 0 Å². The van der Waals surface area contributed by atoms with Crippen LogP contribution in [0.25, 0.3) is 0 Å². The van der Waals surface area contributed by atoms with Crippen LogP contribution in [0.15, 0.2) is 46.9 Å². The molecule has 3 nitrogen and oxygen atoms in total. The van der Waals surface area contributed by atoms with Crippen molar-refractivity contribution in [3.8, 4) is 5.75 Å². The summed E-state index contributed by atoms with van der Waals surface area (Å²) in [6, 6.07) is 13.7. The van der Waals surface area contributed by atoms with Crippen molar-refractivity contribution in [2.75, 3.05) is 11.5 Å². The van der Waals surface area contributed by atoms with Crippen LogP contribution in [0, 0.1) is 0 Å². The minimum Gasteiger partial charge on any atom is -0.482 e. The van der Waals surface area contributed by atoms with Crippen LogP contribution in [-0.2, 0) is 11.2 Å². The highest BCUT2D eigenvalue weighted by Crippen LogP contribution is 2.40. The molecule has 1 aliphatic heterocycles. The number of amides is 1. The lowest BCUT2D eigenvalue weighted by molar-refractivity contribution is -0.120. The van der Waals surface area contributed by atoms with Gasteiger partial charge in [-0.1, -0.05) is 41.1 Å². The summed E-state index contributed by atoms with van der Waals surface area (Å²) in [6.45, 7) is 2.16. The first-order valence-corrected chi connectivity index (χ1v) is 7.33. The van der Waals surface area contributed by atoms with Crippen molar-refractivity contribution in [3.63, 3.8) is 0 Å². The first-order chi connectivity index (χ1) is 9.70. The van der Waals surface area contributed by atoms with Crippen LogP contribution >= 0.6 is 15.9 Å². The van der Waals surface area contributed by atoms with E-state index in [1.165, 1.54) is 0 Å². The summed E-state index contributed by atoms with van der Waals surface area (Å²) in [5.74, 6) is 0.690. The van der Waals surface area contributed by atoms with Crippen molar-refractivity contribution >= 4 is 33.2 Å². The molecule has 0 aromatic heterocycles. The van der Waals surface area contributed by atoms with Gasteiger partial charge in [0.1, 0.15) is 5.75 Å². The third-order valence-electron chi connectivity index (χ3n) is 3.38.